The van der Waals surface area contributed by atoms with Crippen LogP contribution >= 0.6 is 0 Å². The standard InChI is InChI=1S/C14H23NO3/c1-2-17-13-7-3-4-8-14(13)18-12-10-15-9-5-6-11-16/h3-4,7-8,15-16H,2,5-6,9-12H2,1H3. The molecule has 0 aliphatic carbocycles. The largest absolute Gasteiger partial charge is 0.490 e. The Hall–Kier alpha value is -1.26. The first kappa shape index (κ1) is 14.8. The molecule has 0 radical (unpaired) electrons. The molecule has 0 aliphatic heterocycles. The minimum Gasteiger partial charge on any atom is -0.490 e. The molecule has 0 fully saturated rings. The van der Waals surface area contributed by atoms with Crippen LogP contribution in [0.2, 0.25) is 0 Å². The van der Waals surface area contributed by atoms with Crippen molar-refractivity contribution in [1.82, 2.24) is 5.32 Å². The Morgan fingerprint density at radius 3 is 2.44 bits per heavy atom. The normalized spacial score (nSPS) is 10.3. The van der Waals surface area contributed by atoms with Gasteiger partial charge in [-0.1, -0.05) is 12.1 Å². The van der Waals surface area contributed by atoms with Crippen LogP contribution in [0.25, 0.3) is 0 Å². The van der Waals surface area contributed by atoms with E-state index >= 15 is 0 Å². The van der Waals surface area contributed by atoms with E-state index in [0.29, 0.717) is 13.2 Å². The number of nitrogens with one attached hydrogen (secondary N) is 1. The average molecular weight is 253 g/mol. The Bertz CT molecular complexity index is 318. The number of unbranched alkanes of at least 4 members (excludes halogenated alkanes) is 1. The van der Waals surface area contributed by atoms with Crippen LogP contribution < -0.4 is 14.8 Å². The van der Waals surface area contributed by atoms with Gasteiger partial charge < -0.3 is 19.9 Å². The second-order valence-corrected chi connectivity index (χ2v) is 3.91. The number of para-hydroxylation sites is 2. The van der Waals surface area contributed by atoms with Crippen LogP contribution in [0.4, 0.5) is 0 Å². The minimum absolute atomic E-state index is 0.264. The lowest BCUT2D eigenvalue weighted by Gasteiger charge is -2.11. The summed E-state index contributed by atoms with van der Waals surface area (Å²) in [5.41, 5.74) is 0. The van der Waals surface area contributed by atoms with Gasteiger partial charge in [0.15, 0.2) is 11.5 Å². The molecule has 1 aromatic rings. The van der Waals surface area contributed by atoms with E-state index in [1.54, 1.807) is 0 Å². The molecule has 0 spiro atoms. The van der Waals surface area contributed by atoms with Gasteiger partial charge in [0.05, 0.1) is 6.61 Å². The van der Waals surface area contributed by atoms with Gasteiger partial charge in [0.25, 0.3) is 0 Å². The second-order valence-electron chi connectivity index (χ2n) is 3.91. The van der Waals surface area contributed by atoms with Crippen LogP contribution in [0.3, 0.4) is 0 Å². The van der Waals surface area contributed by atoms with Crippen molar-refractivity contribution in [2.45, 2.75) is 19.8 Å². The van der Waals surface area contributed by atoms with Gasteiger partial charge in [0.2, 0.25) is 0 Å². The number of aliphatic hydroxyl groups is 1. The summed E-state index contributed by atoms with van der Waals surface area (Å²) in [6.45, 7) is 5.19. The SMILES string of the molecule is CCOc1ccccc1OCCNCCCCO. The third-order valence-corrected chi connectivity index (χ3v) is 2.45. The highest BCUT2D eigenvalue weighted by Crippen LogP contribution is 2.25. The zero-order valence-electron chi connectivity index (χ0n) is 11.0. The summed E-state index contributed by atoms with van der Waals surface area (Å²) in [6.07, 6.45) is 1.84. The number of hydrogen-bond donors (Lipinski definition) is 2. The highest BCUT2D eigenvalue weighted by atomic mass is 16.5. The summed E-state index contributed by atoms with van der Waals surface area (Å²) in [7, 11) is 0. The van der Waals surface area contributed by atoms with Crippen LogP contribution in [0.5, 0.6) is 11.5 Å². The van der Waals surface area contributed by atoms with Crippen LogP contribution in [-0.2, 0) is 0 Å². The van der Waals surface area contributed by atoms with Crippen LogP contribution in [0, 0.1) is 0 Å². The second kappa shape index (κ2) is 9.74. The van der Waals surface area contributed by atoms with E-state index in [1.165, 1.54) is 0 Å². The molecule has 1 aromatic carbocycles. The molecule has 0 saturated carbocycles. The van der Waals surface area contributed by atoms with E-state index in [1.807, 2.05) is 31.2 Å². The molecule has 0 amide bonds. The monoisotopic (exact) mass is 253 g/mol. The zero-order valence-corrected chi connectivity index (χ0v) is 11.0. The Morgan fingerprint density at radius 1 is 1.06 bits per heavy atom. The highest BCUT2D eigenvalue weighted by molar-refractivity contribution is 5.39. The molecule has 0 bridgehead atoms. The lowest BCUT2D eigenvalue weighted by Crippen LogP contribution is -2.22. The molecular formula is C14H23NO3. The molecule has 4 nitrogen and oxygen atoms in total. The predicted molar refractivity (Wildman–Crippen MR) is 72.3 cm³/mol. The van der Waals surface area contributed by atoms with Crippen molar-refractivity contribution < 1.29 is 14.6 Å². The fourth-order valence-corrected chi connectivity index (χ4v) is 1.56. The van der Waals surface area contributed by atoms with Crippen LogP contribution in [0.15, 0.2) is 24.3 Å². The van der Waals surface area contributed by atoms with E-state index in [4.69, 9.17) is 14.6 Å². The van der Waals surface area contributed by atoms with E-state index in [9.17, 15) is 0 Å². The molecule has 18 heavy (non-hydrogen) atoms. The fourth-order valence-electron chi connectivity index (χ4n) is 1.56. The van der Waals surface area contributed by atoms with E-state index in [2.05, 4.69) is 5.32 Å². The Kier molecular flexibility index (Phi) is 8.01. The van der Waals surface area contributed by atoms with Gasteiger partial charge in [-0.15, -0.1) is 0 Å². The molecule has 0 unspecified atom stereocenters. The summed E-state index contributed by atoms with van der Waals surface area (Å²) in [5, 5.41) is 11.9. The van der Waals surface area contributed by atoms with Crippen LogP contribution in [0.1, 0.15) is 19.8 Å². The van der Waals surface area contributed by atoms with Crippen molar-refractivity contribution >= 4 is 0 Å². The zero-order chi connectivity index (χ0) is 13.1. The summed E-state index contributed by atoms with van der Waals surface area (Å²) >= 11 is 0. The van der Waals surface area contributed by atoms with E-state index in [0.717, 1.165) is 37.4 Å². The first-order valence-corrected chi connectivity index (χ1v) is 6.54. The Balaban J connectivity index is 2.18. The fraction of sp³-hybridized carbons (Fsp3) is 0.571. The van der Waals surface area contributed by atoms with Crippen molar-refractivity contribution in [1.29, 1.82) is 0 Å². The van der Waals surface area contributed by atoms with Gasteiger partial charge >= 0.3 is 0 Å². The summed E-state index contributed by atoms with van der Waals surface area (Å²) in [6, 6.07) is 7.70. The third-order valence-electron chi connectivity index (χ3n) is 2.45. The van der Waals surface area contributed by atoms with Gasteiger partial charge in [0.1, 0.15) is 6.61 Å². The molecule has 2 N–H and O–H groups in total. The molecule has 4 heteroatoms. The molecule has 0 saturated heterocycles. The van der Waals surface area contributed by atoms with Crippen molar-refractivity contribution in [3.05, 3.63) is 24.3 Å². The third kappa shape index (κ3) is 5.89. The van der Waals surface area contributed by atoms with Gasteiger partial charge in [-0.05, 0) is 38.4 Å². The topological polar surface area (TPSA) is 50.7 Å². The van der Waals surface area contributed by atoms with Crippen molar-refractivity contribution in [2.24, 2.45) is 0 Å². The molecule has 102 valence electrons. The number of hydrogen-bond acceptors (Lipinski definition) is 4. The number of rotatable bonds is 10. The first-order chi connectivity index (χ1) is 8.88. The molecule has 0 heterocycles. The smallest absolute Gasteiger partial charge is 0.161 e. The van der Waals surface area contributed by atoms with Crippen molar-refractivity contribution in [3.63, 3.8) is 0 Å². The summed E-state index contributed by atoms with van der Waals surface area (Å²) < 4.78 is 11.1. The average Bonchev–Trinajstić information content (AvgIpc) is 2.40. The number of benzene rings is 1. The number of ether oxygens (including phenoxy) is 2. The van der Waals surface area contributed by atoms with Gasteiger partial charge in [-0.3, -0.25) is 0 Å². The molecule has 0 aromatic heterocycles. The van der Waals surface area contributed by atoms with Gasteiger partial charge in [-0.2, -0.15) is 0 Å². The lowest BCUT2D eigenvalue weighted by molar-refractivity contribution is 0.271. The Morgan fingerprint density at radius 2 is 1.78 bits per heavy atom. The van der Waals surface area contributed by atoms with Crippen molar-refractivity contribution in [3.8, 4) is 11.5 Å². The van der Waals surface area contributed by atoms with E-state index < -0.39 is 0 Å². The molecule has 1 rings (SSSR count). The lowest BCUT2D eigenvalue weighted by atomic mass is 10.3. The predicted octanol–water partition coefficient (Wildman–Crippen LogP) is 1.83. The maximum Gasteiger partial charge on any atom is 0.161 e. The molecule has 0 atom stereocenters. The van der Waals surface area contributed by atoms with Crippen molar-refractivity contribution in [2.75, 3.05) is 32.9 Å². The van der Waals surface area contributed by atoms with Crippen LogP contribution in [-0.4, -0.2) is 38.0 Å². The summed E-state index contributed by atoms with van der Waals surface area (Å²) in [5.74, 6) is 1.58. The highest BCUT2D eigenvalue weighted by Gasteiger charge is 2.02. The summed E-state index contributed by atoms with van der Waals surface area (Å²) in [4.78, 5) is 0. The van der Waals surface area contributed by atoms with E-state index in [-0.39, 0.29) is 6.61 Å². The number of aliphatic hydroxyl groups excluding tert-OH is 1. The van der Waals surface area contributed by atoms with Gasteiger partial charge in [0, 0.05) is 13.2 Å². The maximum atomic E-state index is 8.63. The minimum atomic E-state index is 0.264. The quantitative estimate of drug-likeness (QED) is 0.625. The Labute approximate surface area is 109 Å². The first-order valence-electron chi connectivity index (χ1n) is 6.54. The molecule has 0 aliphatic rings. The molecular weight excluding hydrogens is 230 g/mol. The van der Waals surface area contributed by atoms with Gasteiger partial charge in [-0.25, -0.2) is 0 Å². The maximum absolute atomic E-state index is 8.63.